The summed E-state index contributed by atoms with van der Waals surface area (Å²) in [5.74, 6) is 0.980. The van der Waals surface area contributed by atoms with Crippen LogP contribution in [0.15, 0.2) is 4.99 Å². The molecule has 6 nitrogen and oxygen atoms in total. The first-order valence-corrected chi connectivity index (χ1v) is 8.59. The molecule has 0 aromatic heterocycles. The van der Waals surface area contributed by atoms with Gasteiger partial charge in [-0.1, -0.05) is 13.8 Å². The van der Waals surface area contributed by atoms with Crippen LogP contribution in [-0.4, -0.2) is 75.7 Å². The van der Waals surface area contributed by atoms with E-state index in [0.717, 1.165) is 32.0 Å². The van der Waals surface area contributed by atoms with Crippen molar-refractivity contribution in [2.45, 2.75) is 51.9 Å². The number of morpholine rings is 1. The summed E-state index contributed by atoms with van der Waals surface area (Å²) < 4.78 is 16.7. The molecule has 0 aromatic rings. The predicted octanol–water partition coefficient (Wildman–Crippen LogP) is 1.50. The maximum absolute atomic E-state index is 5.74. The molecule has 3 unspecified atom stereocenters. The lowest BCUT2D eigenvalue weighted by Gasteiger charge is -2.59. The highest BCUT2D eigenvalue weighted by atomic mass is 16.5. The fourth-order valence-electron chi connectivity index (χ4n) is 3.46. The molecule has 6 heteroatoms. The van der Waals surface area contributed by atoms with Gasteiger partial charge in [0.25, 0.3) is 0 Å². The van der Waals surface area contributed by atoms with Crippen LogP contribution in [-0.2, 0) is 14.2 Å². The average molecular weight is 327 g/mol. The number of nitrogens with zero attached hydrogens (tertiary/aromatic N) is 2. The highest BCUT2D eigenvalue weighted by Gasteiger charge is 2.58. The van der Waals surface area contributed by atoms with Crippen molar-refractivity contribution in [1.82, 2.24) is 10.2 Å². The third kappa shape index (κ3) is 3.64. The van der Waals surface area contributed by atoms with Gasteiger partial charge in [0.1, 0.15) is 0 Å². The van der Waals surface area contributed by atoms with Crippen molar-refractivity contribution in [3.8, 4) is 0 Å². The summed E-state index contributed by atoms with van der Waals surface area (Å²) in [5.41, 5.74) is -0.0138. The smallest absolute Gasteiger partial charge is 0.194 e. The molecule has 1 saturated carbocycles. The van der Waals surface area contributed by atoms with E-state index in [0.29, 0.717) is 19.3 Å². The van der Waals surface area contributed by atoms with E-state index < -0.39 is 0 Å². The van der Waals surface area contributed by atoms with Crippen LogP contribution in [0, 0.1) is 5.41 Å². The Labute approximate surface area is 140 Å². The Kier molecular flexibility index (Phi) is 5.92. The Hall–Kier alpha value is -0.850. The predicted molar refractivity (Wildman–Crippen MR) is 91.9 cm³/mol. The summed E-state index contributed by atoms with van der Waals surface area (Å²) in [6.45, 7) is 12.5. The summed E-state index contributed by atoms with van der Waals surface area (Å²) >= 11 is 0. The monoisotopic (exact) mass is 327 g/mol. The van der Waals surface area contributed by atoms with E-state index in [9.17, 15) is 0 Å². The molecule has 23 heavy (non-hydrogen) atoms. The molecule has 1 aliphatic heterocycles. The molecule has 134 valence electrons. The van der Waals surface area contributed by atoms with Gasteiger partial charge in [-0.05, 0) is 20.3 Å². The minimum Gasteiger partial charge on any atom is -0.382 e. The topological polar surface area (TPSA) is 55.3 Å². The maximum atomic E-state index is 5.74. The van der Waals surface area contributed by atoms with Gasteiger partial charge in [-0.15, -0.1) is 0 Å². The van der Waals surface area contributed by atoms with Gasteiger partial charge in [-0.25, -0.2) is 0 Å². The second-order valence-corrected chi connectivity index (χ2v) is 7.25. The standard InChI is InChI=1S/C17H33N3O3/c1-7-18-15(20-8-9-23-13(11-20)12-21-5)19-14-10-17(4,22-6)16(14,2)3/h13-14H,7-12H2,1-6H3,(H,18,19). The van der Waals surface area contributed by atoms with Crippen LogP contribution in [0.25, 0.3) is 0 Å². The van der Waals surface area contributed by atoms with E-state index in [2.05, 4.69) is 37.9 Å². The fraction of sp³-hybridized carbons (Fsp3) is 0.941. The molecule has 0 bridgehead atoms. The van der Waals surface area contributed by atoms with E-state index in [-0.39, 0.29) is 17.1 Å². The number of rotatable bonds is 5. The summed E-state index contributed by atoms with van der Waals surface area (Å²) in [4.78, 5) is 6.98. The van der Waals surface area contributed by atoms with Crippen LogP contribution in [0.3, 0.4) is 0 Å². The molecular formula is C17H33N3O3. The average Bonchev–Trinajstić information content (AvgIpc) is 2.54. The van der Waals surface area contributed by atoms with Gasteiger partial charge in [0, 0.05) is 45.3 Å². The molecule has 2 aliphatic rings. The first-order valence-electron chi connectivity index (χ1n) is 8.59. The van der Waals surface area contributed by atoms with Crippen molar-refractivity contribution < 1.29 is 14.2 Å². The molecule has 2 fully saturated rings. The molecule has 0 amide bonds. The third-order valence-corrected chi connectivity index (χ3v) is 5.68. The Morgan fingerprint density at radius 1 is 1.35 bits per heavy atom. The van der Waals surface area contributed by atoms with Gasteiger partial charge in [-0.2, -0.15) is 0 Å². The van der Waals surface area contributed by atoms with Crippen LogP contribution >= 0.6 is 0 Å². The summed E-state index contributed by atoms with van der Waals surface area (Å²) in [5, 5.41) is 3.67. The molecule has 0 aromatic carbocycles. The Balaban J connectivity index is 2.02. The second-order valence-electron chi connectivity index (χ2n) is 7.25. The lowest BCUT2D eigenvalue weighted by molar-refractivity contribution is -0.177. The molecule has 1 N–H and O–H groups in total. The molecule has 1 heterocycles. The van der Waals surface area contributed by atoms with E-state index in [1.165, 1.54) is 0 Å². The number of hydrogen-bond donors (Lipinski definition) is 1. The fourth-order valence-corrected chi connectivity index (χ4v) is 3.46. The van der Waals surface area contributed by atoms with Gasteiger partial charge in [-0.3, -0.25) is 4.99 Å². The number of nitrogens with one attached hydrogen (secondary N) is 1. The highest BCUT2D eigenvalue weighted by molar-refractivity contribution is 5.80. The lowest BCUT2D eigenvalue weighted by atomic mass is 9.56. The largest absolute Gasteiger partial charge is 0.382 e. The van der Waals surface area contributed by atoms with Gasteiger partial charge >= 0.3 is 0 Å². The molecule has 3 atom stereocenters. The summed E-state index contributed by atoms with van der Waals surface area (Å²) in [7, 11) is 3.51. The Morgan fingerprint density at radius 3 is 2.65 bits per heavy atom. The summed E-state index contributed by atoms with van der Waals surface area (Å²) in [6.07, 6.45) is 1.10. The van der Waals surface area contributed by atoms with Crippen molar-refractivity contribution in [1.29, 1.82) is 0 Å². The second kappa shape index (κ2) is 7.36. The van der Waals surface area contributed by atoms with E-state index in [1.807, 2.05) is 0 Å². The highest BCUT2D eigenvalue weighted by Crippen LogP contribution is 2.51. The van der Waals surface area contributed by atoms with Crippen LogP contribution in [0.2, 0.25) is 0 Å². The zero-order chi connectivity index (χ0) is 17.1. The van der Waals surface area contributed by atoms with Crippen LogP contribution in [0.5, 0.6) is 0 Å². The Morgan fingerprint density at radius 2 is 2.09 bits per heavy atom. The molecule has 1 saturated heterocycles. The normalized spacial score (nSPS) is 34.2. The van der Waals surface area contributed by atoms with E-state index in [1.54, 1.807) is 14.2 Å². The third-order valence-electron chi connectivity index (χ3n) is 5.68. The van der Waals surface area contributed by atoms with Gasteiger partial charge in [0.15, 0.2) is 5.96 Å². The lowest BCUT2D eigenvalue weighted by Crippen LogP contribution is -2.70. The SMILES string of the molecule is CCN=C(NC1CC(C)(OC)C1(C)C)N1CCOC(COC)C1. The van der Waals surface area contributed by atoms with Crippen LogP contribution in [0.1, 0.15) is 34.1 Å². The van der Waals surface area contributed by atoms with Crippen molar-refractivity contribution in [3.63, 3.8) is 0 Å². The minimum absolute atomic E-state index is 0.0640. The van der Waals surface area contributed by atoms with Crippen molar-refractivity contribution in [2.24, 2.45) is 10.4 Å². The van der Waals surface area contributed by atoms with Crippen molar-refractivity contribution >= 4 is 5.96 Å². The number of hydrogen-bond acceptors (Lipinski definition) is 4. The van der Waals surface area contributed by atoms with Gasteiger partial charge in [0.05, 0.1) is 24.9 Å². The molecule has 2 rings (SSSR count). The van der Waals surface area contributed by atoms with E-state index >= 15 is 0 Å². The first kappa shape index (κ1) is 18.5. The zero-order valence-electron chi connectivity index (χ0n) is 15.5. The molecule has 0 spiro atoms. The van der Waals surface area contributed by atoms with Gasteiger partial charge < -0.3 is 24.4 Å². The molecule has 1 aliphatic carbocycles. The number of aliphatic imine (C=N–C) groups is 1. The number of ether oxygens (including phenoxy) is 3. The minimum atomic E-state index is -0.0778. The van der Waals surface area contributed by atoms with Gasteiger partial charge in [0.2, 0.25) is 0 Å². The Bertz CT molecular complexity index is 425. The quantitative estimate of drug-likeness (QED) is 0.613. The number of guanidine groups is 1. The molecule has 0 radical (unpaired) electrons. The first-order chi connectivity index (χ1) is 10.9. The molecular weight excluding hydrogens is 294 g/mol. The van der Waals surface area contributed by atoms with Crippen molar-refractivity contribution in [3.05, 3.63) is 0 Å². The number of methoxy groups -OCH3 is 2. The maximum Gasteiger partial charge on any atom is 0.194 e. The van der Waals surface area contributed by atoms with Crippen LogP contribution in [0.4, 0.5) is 0 Å². The van der Waals surface area contributed by atoms with Crippen molar-refractivity contribution in [2.75, 3.05) is 47.1 Å². The summed E-state index contributed by atoms with van der Waals surface area (Å²) in [6, 6.07) is 0.362. The zero-order valence-corrected chi connectivity index (χ0v) is 15.5. The van der Waals surface area contributed by atoms with E-state index in [4.69, 9.17) is 19.2 Å². The van der Waals surface area contributed by atoms with Crippen LogP contribution < -0.4 is 5.32 Å².